The summed E-state index contributed by atoms with van der Waals surface area (Å²) in [6.07, 6.45) is 3.40. The molecule has 160 valence electrons. The Bertz CT molecular complexity index is 858. The third-order valence-corrected chi connectivity index (χ3v) is 6.82. The van der Waals surface area contributed by atoms with Gasteiger partial charge in [0.25, 0.3) is 5.91 Å². The van der Waals surface area contributed by atoms with E-state index in [1.54, 1.807) is 11.8 Å². The van der Waals surface area contributed by atoms with Crippen LogP contribution in [0.15, 0.2) is 35.5 Å². The second-order valence-electron chi connectivity index (χ2n) is 8.13. The Hall–Kier alpha value is -2.12. The average Bonchev–Trinajstić information content (AvgIpc) is 3.33. The van der Waals surface area contributed by atoms with E-state index in [0.29, 0.717) is 0 Å². The van der Waals surface area contributed by atoms with Crippen molar-refractivity contribution >= 4 is 23.5 Å². The monoisotopic (exact) mass is 425 g/mol. The highest BCUT2D eigenvalue weighted by atomic mass is 32.2. The summed E-state index contributed by atoms with van der Waals surface area (Å²) >= 11 is 1.67. The van der Waals surface area contributed by atoms with Crippen LogP contribution in [0.4, 0.5) is 5.82 Å². The summed E-state index contributed by atoms with van der Waals surface area (Å²) in [7, 11) is 2.10. The molecule has 0 N–H and O–H groups in total. The van der Waals surface area contributed by atoms with Crippen molar-refractivity contribution in [2.45, 2.75) is 37.1 Å². The van der Waals surface area contributed by atoms with Crippen molar-refractivity contribution in [1.82, 2.24) is 19.8 Å². The summed E-state index contributed by atoms with van der Waals surface area (Å²) in [4.78, 5) is 28.8. The zero-order valence-corrected chi connectivity index (χ0v) is 18.8. The van der Waals surface area contributed by atoms with Crippen LogP contribution < -0.4 is 4.90 Å². The van der Waals surface area contributed by atoms with Crippen LogP contribution in [0, 0.1) is 0 Å². The van der Waals surface area contributed by atoms with Gasteiger partial charge < -0.3 is 14.7 Å². The lowest BCUT2D eigenvalue weighted by Crippen LogP contribution is -2.47. The number of benzene rings is 1. The molecule has 0 aliphatic carbocycles. The number of anilines is 1. The molecule has 6 nitrogen and oxygen atoms in total. The number of aryl methyl sites for hydroxylation is 1. The molecule has 0 bridgehead atoms. The van der Waals surface area contributed by atoms with Crippen LogP contribution in [-0.2, 0) is 12.2 Å². The van der Waals surface area contributed by atoms with Gasteiger partial charge in [0.15, 0.2) is 5.16 Å². The molecule has 2 aliphatic heterocycles. The first-order chi connectivity index (χ1) is 14.6. The number of hydrogen-bond donors (Lipinski definition) is 0. The molecule has 2 aliphatic rings. The molecular formula is C23H31N5OS. The summed E-state index contributed by atoms with van der Waals surface area (Å²) in [5, 5.41) is 0.842. The molecule has 0 unspecified atom stereocenters. The predicted octanol–water partition coefficient (Wildman–Crippen LogP) is 3.32. The fraction of sp³-hybridized carbons (Fsp3) is 0.522. The molecule has 2 aromatic rings. The van der Waals surface area contributed by atoms with E-state index >= 15 is 0 Å². The van der Waals surface area contributed by atoms with Crippen molar-refractivity contribution < 1.29 is 4.79 Å². The normalized spacial score (nSPS) is 17.5. The minimum absolute atomic E-state index is 0.136. The molecule has 1 amide bonds. The van der Waals surface area contributed by atoms with Gasteiger partial charge in [0, 0.05) is 62.3 Å². The van der Waals surface area contributed by atoms with Gasteiger partial charge >= 0.3 is 0 Å². The van der Waals surface area contributed by atoms with Gasteiger partial charge in [-0.1, -0.05) is 30.8 Å². The number of aromatic nitrogens is 2. The topological polar surface area (TPSA) is 52.6 Å². The number of carbonyl (C=O) groups excluding carboxylic acids is 1. The van der Waals surface area contributed by atoms with Gasteiger partial charge in [-0.2, -0.15) is 0 Å². The van der Waals surface area contributed by atoms with Crippen molar-refractivity contribution in [2.24, 2.45) is 0 Å². The zero-order chi connectivity index (χ0) is 20.9. The summed E-state index contributed by atoms with van der Waals surface area (Å²) in [5.41, 5.74) is 3.06. The van der Waals surface area contributed by atoms with E-state index in [4.69, 9.17) is 9.97 Å². The number of piperazine rings is 1. The molecule has 0 radical (unpaired) electrons. The summed E-state index contributed by atoms with van der Waals surface area (Å²) in [6.45, 7) is 7.81. The van der Waals surface area contributed by atoms with Crippen LogP contribution in [0.3, 0.4) is 0 Å². The third kappa shape index (κ3) is 5.13. The Balaban J connectivity index is 1.38. The number of carbonyl (C=O) groups is 1. The maximum atomic E-state index is 12.7. The molecular weight excluding hydrogens is 394 g/mol. The summed E-state index contributed by atoms with van der Waals surface area (Å²) < 4.78 is 0. The van der Waals surface area contributed by atoms with E-state index in [-0.39, 0.29) is 5.91 Å². The Morgan fingerprint density at radius 2 is 1.70 bits per heavy atom. The Kier molecular flexibility index (Phi) is 6.89. The second-order valence-corrected chi connectivity index (χ2v) is 9.07. The summed E-state index contributed by atoms with van der Waals surface area (Å²) in [5.74, 6) is 2.00. The van der Waals surface area contributed by atoms with Gasteiger partial charge in [-0.05, 0) is 44.0 Å². The van der Waals surface area contributed by atoms with Crippen LogP contribution in [-0.4, -0.2) is 72.0 Å². The van der Waals surface area contributed by atoms with E-state index in [1.165, 1.54) is 18.4 Å². The van der Waals surface area contributed by atoms with Gasteiger partial charge in [0.05, 0.1) is 0 Å². The minimum Gasteiger partial charge on any atom is -0.356 e. The van der Waals surface area contributed by atoms with Crippen molar-refractivity contribution in [3.8, 4) is 0 Å². The third-order valence-electron chi connectivity index (χ3n) is 5.90. The first kappa shape index (κ1) is 21.1. The Labute approximate surface area is 183 Å². The van der Waals surface area contributed by atoms with Gasteiger partial charge in [-0.15, -0.1) is 0 Å². The molecule has 30 heavy (non-hydrogen) atoms. The van der Waals surface area contributed by atoms with Crippen molar-refractivity contribution in [3.63, 3.8) is 0 Å². The quantitative estimate of drug-likeness (QED) is 0.523. The minimum atomic E-state index is 0.136. The molecule has 1 aromatic heterocycles. The molecule has 0 saturated carbocycles. The number of rotatable bonds is 6. The number of nitrogens with zero attached hydrogens (tertiary/aromatic N) is 5. The SMILES string of the molecule is CCc1cc(N2CCCC2)nc(SCc2ccc(C(=O)N3CCN(C)CC3)cc2)n1. The average molecular weight is 426 g/mol. The van der Waals surface area contributed by atoms with Gasteiger partial charge in [-0.25, -0.2) is 9.97 Å². The highest BCUT2D eigenvalue weighted by molar-refractivity contribution is 7.98. The number of thioether (sulfide) groups is 1. The maximum Gasteiger partial charge on any atom is 0.253 e. The van der Waals surface area contributed by atoms with Gasteiger partial charge in [-0.3, -0.25) is 4.79 Å². The first-order valence-corrected chi connectivity index (χ1v) is 11.9. The van der Waals surface area contributed by atoms with Crippen molar-refractivity contribution in [3.05, 3.63) is 47.2 Å². The van der Waals surface area contributed by atoms with Crippen LogP contribution >= 0.6 is 11.8 Å². The van der Waals surface area contributed by atoms with E-state index in [0.717, 1.165) is 73.7 Å². The Morgan fingerprint density at radius 3 is 2.37 bits per heavy atom. The molecule has 2 fully saturated rings. The first-order valence-electron chi connectivity index (χ1n) is 10.9. The van der Waals surface area contributed by atoms with Crippen LogP contribution in [0.2, 0.25) is 0 Å². The Morgan fingerprint density at radius 1 is 1.00 bits per heavy atom. The molecule has 7 heteroatoms. The van der Waals surface area contributed by atoms with E-state index in [2.05, 4.69) is 42.0 Å². The molecule has 3 heterocycles. The van der Waals surface area contributed by atoms with Crippen LogP contribution in [0.5, 0.6) is 0 Å². The van der Waals surface area contributed by atoms with Crippen molar-refractivity contribution in [1.29, 1.82) is 0 Å². The van der Waals surface area contributed by atoms with E-state index in [9.17, 15) is 4.79 Å². The lowest BCUT2D eigenvalue weighted by atomic mass is 10.1. The molecule has 0 atom stereocenters. The lowest BCUT2D eigenvalue weighted by molar-refractivity contribution is 0.0664. The standard InChI is InChI=1S/C23H31N5OS/c1-3-20-16-21(27-10-4-5-11-27)25-23(24-20)30-17-18-6-8-19(9-7-18)22(29)28-14-12-26(2)13-15-28/h6-9,16H,3-5,10-15,17H2,1-2H3. The predicted molar refractivity (Wildman–Crippen MR) is 122 cm³/mol. The molecule has 1 aromatic carbocycles. The van der Waals surface area contributed by atoms with Gasteiger partial charge in [0.1, 0.15) is 5.82 Å². The fourth-order valence-electron chi connectivity index (χ4n) is 3.90. The fourth-order valence-corrected chi connectivity index (χ4v) is 4.72. The smallest absolute Gasteiger partial charge is 0.253 e. The maximum absolute atomic E-state index is 12.7. The number of amides is 1. The highest BCUT2D eigenvalue weighted by Gasteiger charge is 2.20. The lowest BCUT2D eigenvalue weighted by Gasteiger charge is -2.32. The molecule has 4 rings (SSSR count). The highest BCUT2D eigenvalue weighted by Crippen LogP contribution is 2.25. The number of likely N-dealkylation sites (N-methyl/N-ethyl adjacent to an activating group) is 1. The zero-order valence-electron chi connectivity index (χ0n) is 18.0. The van der Waals surface area contributed by atoms with Gasteiger partial charge in [0.2, 0.25) is 0 Å². The van der Waals surface area contributed by atoms with Crippen LogP contribution in [0.1, 0.15) is 41.4 Å². The molecule has 2 saturated heterocycles. The van der Waals surface area contributed by atoms with E-state index < -0.39 is 0 Å². The number of hydrogen-bond acceptors (Lipinski definition) is 6. The van der Waals surface area contributed by atoms with E-state index in [1.807, 2.05) is 17.0 Å². The van der Waals surface area contributed by atoms with Crippen molar-refractivity contribution in [2.75, 3.05) is 51.2 Å². The molecule has 0 spiro atoms. The summed E-state index contributed by atoms with van der Waals surface area (Å²) in [6, 6.07) is 10.2. The second kappa shape index (κ2) is 9.79. The van der Waals surface area contributed by atoms with Crippen LogP contribution in [0.25, 0.3) is 0 Å². The largest absolute Gasteiger partial charge is 0.356 e.